The van der Waals surface area contributed by atoms with Crippen molar-refractivity contribution < 1.29 is 13.2 Å². The third-order valence-corrected chi connectivity index (χ3v) is 5.87. The first kappa shape index (κ1) is 20.5. The fourth-order valence-electron chi connectivity index (χ4n) is 2.75. The van der Waals surface area contributed by atoms with E-state index >= 15 is 0 Å². The monoisotopic (exact) mass is 438 g/mol. The van der Waals surface area contributed by atoms with Crippen LogP contribution in [0.5, 0.6) is 0 Å². The molecule has 7 heteroatoms. The molecule has 0 saturated heterocycles. The Labute approximate surface area is 163 Å². The molecule has 2 aromatic rings. The van der Waals surface area contributed by atoms with Gasteiger partial charge in [-0.1, -0.05) is 44.2 Å². The van der Waals surface area contributed by atoms with Crippen molar-refractivity contribution in [1.29, 1.82) is 0 Å². The molecule has 2 rings (SSSR count). The molecule has 5 nitrogen and oxygen atoms in total. The highest BCUT2D eigenvalue weighted by molar-refractivity contribution is 9.10. The smallest absolute Gasteiger partial charge is 0.245 e. The van der Waals surface area contributed by atoms with Crippen LogP contribution < -0.4 is 9.62 Å². The lowest BCUT2D eigenvalue weighted by atomic mass is 10.0. The van der Waals surface area contributed by atoms with Gasteiger partial charge in [0.1, 0.15) is 6.54 Å². The number of hydrogen-bond donors (Lipinski definition) is 1. The average molecular weight is 439 g/mol. The second-order valence-electron chi connectivity index (χ2n) is 5.93. The summed E-state index contributed by atoms with van der Waals surface area (Å²) < 4.78 is 26.2. The lowest BCUT2D eigenvalue weighted by molar-refractivity contribution is -0.114. The van der Waals surface area contributed by atoms with Gasteiger partial charge in [-0.15, -0.1) is 0 Å². The normalized spacial score (nSPS) is 11.2. The van der Waals surface area contributed by atoms with E-state index in [0.29, 0.717) is 10.2 Å². The van der Waals surface area contributed by atoms with E-state index in [1.807, 2.05) is 32.0 Å². The number of nitrogens with zero attached hydrogens (tertiary/aromatic N) is 1. The van der Waals surface area contributed by atoms with Gasteiger partial charge in [-0.25, -0.2) is 8.42 Å². The number of aryl methyl sites for hydroxylation is 2. The Bertz CT molecular complexity index is 875. The molecule has 0 aliphatic rings. The number of rotatable bonds is 7. The van der Waals surface area contributed by atoms with Crippen LogP contribution in [0.1, 0.15) is 25.0 Å². The van der Waals surface area contributed by atoms with Gasteiger partial charge < -0.3 is 5.32 Å². The number of sulfonamides is 1. The molecule has 0 bridgehead atoms. The standard InChI is InChI=1S/C19H23BrN2O3S/c1-4-14-9-8-10-15(5-2)19(14)21-18(23)13-22(26(3,24)25)17-12-7-6-11-16(17)20/h6-12H,4-5,13H2,1-3H3,(H,21,23). The molecule has 0 aromatic heterocycles. The number of amides is 1. The van der Waals surface area contributed by atoms with Crippen molar-refractivity contribution in [3.05, 3.63) is 58.1 Å². The fraction of sp³-hybridized carbons (Fsp3) is 0.316. The number of halogens is 1. The van der Waals surface area contributed by atoms with Crippen LogP contribution in [0.2, 0.25) is 0 Å². The van der Waals surface area contributed by atoms with Crippen LogP contribution in [0.25, 0.3) is 0 Å². The minimum atomic E-state index is -3.62. The maximum Gasteiger partial charge on any atom is 0.245 e. The predicted molar refractivity (Wildman–Crippen MR) is 110 cm³/mol. The second-order valence-corrected chi connectivity index (χ2v) is 8.69. The van der Waals surface area contributed by atoms with E-state index in [-0.39, 0.29) is 12.5 Å². The highest BCUT2D eigenvalue weighted by Crippen LogP contribution is 2.28. The topological polar surface area (TPSA) is 66.5 Å². The SMILES string of the molecule is CCc1cccc(CC)c1NC(=O)CN(c1ccccc1Br)S(C)(=O)=O. The van der Waals surface area contributed by atoms with Gasteiger partial charge in [0.2, 0.25) is 15.9 Å². The van der Waals surface area contributed by atoms with Crippen LogP contribution in [0, 0.1) is 0 Å². The van der Waals surface area contributed by atoms with Crippen LogP contribution >= 0.6 is 15.9 Å². The summed E-state index contributed by atoms with van der Waals surface area (Å²) in [4.78, 5) is 12.7. The van der Waals surface area contributed by atoms with Gasteiger partial charge in [-0.3, -0.25) is 9.10 Å². The second kappa shape index (κ2) is 8.68. The zero-order valence-corrected chi connectivity index (χ0v) is 17.5. The van der Waals surface area contributed by atoms with E-state index in [0.717, 1.165) is 40.2 Å². The van der Waals surface area contributed by atoms with Gasteiger partial charge in [-0.05, 0) is 52.0 Å². The third-order valence-electron chi connectivity index (χ3n) is 4.07. The summed E-state index contributed by atoms with van der Waals surface area (Å²) in [5.74, 6) is -0.373. The molecule has 0 heterocycles. The van der Waals surface area contributed by atoms with E-state index in [1.54, 1.807) is 24.3 Å². The first-order chi connectivity index (χ1) is 12.3. The molecule has 0 atom stereocenters. The molecule has 0 aliphatic heterocycles. The summed E-state index contributed by atoms with van der Waals surface area (Å²) in [5, 5.41) is 2.91. The van der Waals surface area contributed by atoms with Gasteiger partial charge in [0.15, 0.2) is 0 Å². The van der Waals surface area contributed by atoms with E-state index in [2.05, 4.69) is 21.2 Å². The molecule has 140 valence electrons. The Kier molecular flexibility index (Phi) is 6.83. The van der Waals surface area contributed by atoms with Crippen LogP contribution in [0.4, 0.5) is 11.4 Å². The quantitative estimate of drug-likeness (QED) is 0.710. The first-order valence-corrected chi connectivity index (χ1v) is 11.0. The first-order valence-electron chi connectivity index (χ1n) is 8.40. The lowest BCUT2D eigenvalue weighted by Gasteiger charge is -2.23. The maximum absolute atomic E-state index is 12.7. The summed E-state index contributed by atoms with van der Waals surface area (Å²) in [7, 11) is -3.62. The third kappa shape index (κ3) is 4.86. The molecule has 1 amide bonds. The summed E-state index contributed by atoms with van der Waals surface area (Å²) >= 11 is 3.35. The van der Waals surface area contributed by atoms with Crippen molar-refractivity contribution in [2.24, 2.45) is 0 Å². The van der Waals surface area contributed by atoms with Crippen molar-refractivity contribution in [3.8, 4) is 0 Å². The number of benzene rings is 2. The van der Waals surface area contributed by atoms with Crippen LogP contribution in [0.3, 0.4) is 0 Å². The molecule has 0 unspecified atom stereocenters. The summed E-state index contributed by atoms with van der Waals surface area (Å²) in [6.07, 6.45) is 2.66. The van der Waals surface area contributed by atoms with Gasteiger partial charge in [0, 0.05) is 10.2 Å². The molecular weight excluding hydrogens is 416 g/mol. The van der Waals surface area contributed by atoms with E-state index in [4.69, 9.17) is 0 Å². The van der Waals surface area contributed by atoms with Gasteiger partial charge in [0.25, 0.3) is 0 Å². The van der Waals surface area contributed by atoms with Crippen molar-refractivity contribution in [2.45, 2.75) is 26.7 Å². The number of para-hydroxylation sites is 2. The molecule has 0 aliphatic carbocycles. The van der Waals surface area contributed by atoms with Crippen molar-refractivity contribution >= 4 is 43.2 Å². The van der Waals surface area contributed by atoms with Gasteiger partial charge in [-0.2, -0.15) is 0 Å². The zero-order chi connectivity index (χ0) is 19.3. The van der Waals surface area contributed by atoms with Crippen LogP contribution in [-0.2, 0) is 27.7 Å². The van der Waals surface area contributed by atoms with Gasteiger partial charge in [0.05, 0.1) is 11.9 Å². The van der Waals surface area contributed by atoms with Crippen LogP contribution in [-0.4, -0.2) is 27.1 Å². The number of carbonyl (C=O) groups excluding carboxylic acids is 1. The predicted octanol–water partition coefficient (Wildman–Crippen LogP) is 3.98. The number of hydrogen-bond acceptors (Lipinski definition) is 3. The molecule has 1 N–H and O–H groups in total. The Balaban J connectivity index is 2.31. The number of nitrogens with one attached hydrogen (secondary N) is 1. The van der Waals surface area contributed by atoms with Crippen molar-refractivity contribution in [3.63, 3.8) is 0 Å². The van der Waals surface area contributed by atoms with E-state index in [1.165, 1.54) is 0 Å². The van der Waals surface area contributed by atoms with E-state index in [9.17, 15) is 13.2 Å². The average Bonchev–Trinajstić information content (AvgIpc) is 2.59. The Morgan fingerprint density at radius 2 is 1.62 bits per heavy atom. The lowest BCUT2D eigenvalue weighted by Crippen LogP contribution is -2.37. The van der Waals surface area contributed by atoms with E-state index < -0.39 is 10.0 Å². The fourth-order valence-corrected chi connectivity index (χ4v) is 4.23. The molecule has 0 fully saturated rings. The Morgan fingerprint density at radius 1 is 1.04 bits per heavy atom. The van der Waals surface area contributed by atoms with Crippen molar-refractivity contribution in [2.75, 3.05) is 22.4 Å². The highest BCUT2D eigenvalue weighted by atomic mass is 79.9. The number of anilines is 2. The summed E-state index contributed by atoms with van der Waals surface area (Å²) in [5.41, 5.74) is 3.28. The number of carbonyl (C=O) groups is 1. The molecule has 2 aromatic carbocycles. The van der Waals surface area contributed by atoms with Gasteiger partial charge >= 0.3 is 0 Å². The molecule has 26 heavy (non-hydrogen) atoms. The summed E-state index contributed by atoms with van der Waals surface area (Å²) in [6, 6.07) is 12.8. The Morgan fingerprint density at radius 3 is 2.12 bits per heavy atom. The largest absolute Gasteiger partial charge is 0.324 e. The van der Waals surface area contributed by atoms with Crippen LogP contribution in [0.15, 0.2) is 46.9 Å². The molecule has 0 spiro atoms. The molecular formula is C19H23BrN2O3S. The summed E-state index contributed by atoms with van der Waals surface area (Å²) in [6.45, 7) is 3.76. The maximum atomic E-state index is 12.7. The minimum absolute atomic E-state index is 0.289. The molecule has 0 radical (unpaired) electrons. The highest BCUT2D eigenvalue weighted by Gasteiger charge is 2.23. The molecule has 0 saturated carbocycles. The van der Waals surface area contributed by atoms with Crippen molar-refractivity contribution in [1.82, 2.24) is 0 Å². The Hall–Kier alpha value is -1.86. The zero-order valence-electron chi connectivity index (χ0n) is 15.1. The minimum Gasteiger partial charge on any atom is -0.324 e.